The van der Waals surface area contributed by atoms with Crippen molar-refractivity contribution in [1.82, 2.24) is 14.8 Å². The zero-order valence-electron chi connectivity index (χ0n) is 12.0. The molecular formula is C16H13BrN4O2. The topological polar surface area (TPSA) is 69.0 Å². The predicted molar refractivity (Wildman–Crippen MR) is 89.6 cm³/mol. The molecule has 1 amide bonds. The Morgan fingerprint density at radius 1 is 1.22 bits per heavy atom. The van der Waals surface area contributed by atoms with E-state index in [2.05, 4.69) is 31.3 Å². The molecule has 0 aliphatic heterocycles. The van der Waals surface area contributed by atoms with E-state index in [1.165, 1.54) is 0 Å². The number of amides is 1. The fourth-order valence-corrected chi connectivity index (χ4v) is 2.30. The maximum atomic E-state index is 11.9. The van der Waals surface area contributed by atoms with Crippen molar-refractivity contribution >= 4 is 27.5 Å². The second-order valence-electron chi connectivity index (χ2n) is 4.64. The van der Waals surface area contributed by atoms with E-state index in [1.807, 2.05) is 30.3 Å². The van der Waals surface area contributed by atoms with Crippen molar-refractivity contribution in [2.24, 2.45) is 0 Å². The lowest BCUT2D eigenvalue weighted by Crippen LogP contribution is -2.20. The number of carbonyl (C=O) groups excluding carboxylic acids is 1. The maximum Gasteiger partial charge on any atom is 0.262 e. The summed E-state index contributed by atoms with van der Waals surface area (Å²) in [5, 5.41) is 7.01. The van der Waals surface area contributed by atoms with Gasteiger partial charge in [0, 0.05) is 12.4 Å². The molecule has 0 unspecified atom stereocenters. The molecule has 0 spiro atoms. The molecule has 0 aliphatic rings. The summed E-state index contributed by atoms with van der Waals surface area (Å²) in [5.74, 6) is 0.0781. The standard InChI is InChI=1S/C16H13BrN4O2/c17-14-10-21(13-6-2-1-3-7-13)20-16(14)23-11-15(22)19-12-5-4-8-18-9-12/h1-10H,11H2,(H,19,22). The van der Waals surface area contributed by atoms with Crippen molar-refractivity contribution in [3.63, 3.8) is 0 Å². The van der Waals surface area contributed by atoms with Crippen LogP contribution in [0, 0.1) is 0 Å². The van der Waals surface area contributed by atoms with Crippen LogP contribution in [0.1, 0.15) is 0 Å². The van der Waals surface area contributed by atoms with Crippen molar-refractivity contribution in [2.75, 3.05) is 11.9 Å². The molecule has 23 heavy (non-hydrogen) atoms. The monoisotopic (exact) mass is 372 g/mol. The molecule has 0 saturated carbocycles. The van der Waals surface area contributed by atoms with Gasteiger partial charge in [-0.3, -0.25) is 9.78 Å². The highest BCUT2D eigenvalue weighted by Gasteiger charge is 2.11. The summed E-state index contributed by atoms with van der Waals surface area (Å²) in [4.78, 5) is 15.8. The van der Waals surface area contributed by atoms with Crippen LogP contribution in [0.5, 0.6) is 5.88 Å². The van der Waals surface area contributed by atoms with Crippen LogP contribution >= 0.6 is 15.9 Å². The third-order valence-electron chi connectivity index (χ3n) is 2.94. The van der Waals surface area contributed by atoms with E-state index in [0.717, 1.165) is 5.69 Å². The van der Waals surface area contributed by atoms with Gasteiger partial charge in [0.2, 0.25) is 5.88 Å². The van der Waals surface area contributed by atoms with Crippen molar-refractivity contribution in [3.05, 3.63) is 65.5 Å². The highest BCUT2D eigenvalue weighted by atomic mass is 79.9. The van der Waals surface area contributed by atoms with Gasteiger partial charge in [0.1, 0.15) is 0 Å². The summed E-state index contributed by atoms with van der Waals surface area (Å²) in [6, 6.07) is 13.1. The normalized spacial score (nSPS) is 10.3. The van der Waals surface area contributed by atoms with Crippen LogP contribution in [0.2, 0.25) is 0 Å². The summed E-state index contributed by atoms with van der Waals surface area (Å²) < 4.78 is 7.82. The van der Waals surface area contributed by atoms with Crippen LogP contribution in [-0.2, 0) is 4.79 Å². The highest BCUT2D eigenvalue weighted by molar-refractivity contribution is 9.10. The van der Waals surface area contributed by atoms with E-state index in [9.17, 15) is 4.79 Å². The van der Waals surface area contributed by atoms with Crippen LogP contribution in [0.3, 0.4) is 0 Å². The second-order valence-corrected chi connectivity index (χ2v) is 5.50. The molecule has 0 atom stereocenters. The Morgan fingerprint density at radius 2 is 2.04 bits per heavy atom. The molecular weight excluding hydrogens is 360 g/mol. The van der Waals surface area contributed by atoms with E-state index in [-0.39, 0.29) is 12.5 Å². The first-order valence-corrected chi connectivity index (χ1v) is 7.65. The zero-order valence-corrected chi connectivity index (χ0v) is 13.6. The van der Waals surface area contributed by atoms with Crippen LogP contribution in [0.25, 0.3) is 5.69 Å². The average Bonchev–Trinajstić information content (AvgIpc) is 2.96. The first kappa shape index (κ1) is 15.2. The molecule has 0 saturated heterocycles. The molecule has 1 N–H and O–H groups in total. The Kier molecular flexibility index (Phi) is 4.68. The summed E-state index contributed by atoms with van der Waals surface area (Å²) in [6.07, 6.45) is 4.99. The Hall–Kier alpha value is -2.67. The van der Waals surface area contributed by atoms with Crippen LogP contribution < -0.4 is 10.1 Å². The number of benzene rings is 1. The quantitative estimate of drug-likeness (QED) is 0.747. The molecule has 116 valence electrons. The molecule has 6 nitrogen and oxygen atoms in total. The minimum Gasteiger partial charge on any atom is -0.466 e. The molecule has 3 rings (SSSR count). The molecule has 0 radical (unpaired) electrons. The number of ether oxygens (including phenoxy) is 1. The molecule has 0 bridgehead atoms. The van der Waals surface area contributed by atoms with Gasteiger partial charge in [-0.15, -0.1) is 5.10 Å². The fraction of sp³-hybridized carbons (Fsp3) is 0.0625. The second kappa shape index (κ2) is 7.06. The Morgan fingerprint density at radius 3 is 2.78 bits per heavy atom. The number of hydrogen-bond donors (Lipinski definition) is 1. The lowest BCUT2D eigenvalue weighted by Gasteiger charge is -2.05. The van der Waals surface area contributed by atoms with E-state index < -0.39 is 0 Å². The largest absolute Gasteiger partial charge is 0.466 e. The number of halogens is 1. The number of rotatable bonds is 5. The van der Waals surface area contributed by atoms with Crippen molar-refractivity contribution in [3.8, 4) is 11.6 Å². The van der Waals surface area contributed by atoms with Crippen molar-refractivity contribution < 1.29 is 9.53 Å². The number of carbonyl (C=O) groups is 1. The number of anilines is 1. The van der Waals surface area contributed by atoms with Gasteiger partial charge in [0.05, 0.1) is 22.0 Å². The molecule has 0 aliphatic carbocycles. The van der Waals surface area contributed by atoms with Gasteiger partial charge in [-0.25, -0.2) is 4.68 Å². The lowest BCUT2D eigenvalue weighted by molar-refractivity contribution is -0.118. The van der Waals surface area contributed by atoms with Gasteiger partial charge < -0.3 is 10.1 Å². The Bertz CT molecular complexity index is 790. The molecule has 3 aromatic rings. The highest BCUT2D eigenvalue weighted by Crippen LogP contribution is 2.24. The van der Waals surface area contributed by atoms with Crippen molar-refractivity contribution in [1.29, 1.82) is 0 Å². The van der Waals surface area contributed by atoms with Crippen LogP contribution in [0.15, 0.2) is 65.5 Å². The van der Waals surface area contributed by atoms with Crippen LogP contribution in [-0.4, -0.2) is 27.3 Å². The number of pyridine rings is 1. The summed E-state index contributed by atoms with van der Waals surface area (Å²) in [5.41, 5.74) is 1.53. The smallest absolute Gasteiger partial charge is 0.262 e. The van der Waals surface area contributed by atoms with Gasteiger partial charge in [0.15, 0.2) is 6.61 Å². The van der Waals surface area contributed by atoms with Crippen molar-refractivity contribution in [2.45, 2.75) is 0 Å². The van der Waals surface area contributed by atoms with E-state index in [0.29, 0.717) is 16.0 Å². The van der Waals surface area contributed by atoms with Gasteiger partial charge in [-0.2, -0.15) is 0 Å². The minimum atomic E-state index is -0.279. The first-order chi connectivity index (χ1) is 11.2. The average molecular weight is 373 g/mol. The zero-order chi connectivity index (χ0) is 16.1. The Labute approximate surface area is 141 Å². The molecule has 2 aromatic heterocycles. The SMILES string of the molecule is O=C(COc1nn(-c2ccccc2)cc1Br)Nc1cccnc1. The number of hydrogen-bond acceptors (Lipinski definition) is 4. The number of nitrogens with zero attached hydrogens (tertiary/aromatic N) is 3. The lowest BCUT2D eigenvalue weighted by atomic mass is 10.3. The minimum absolute atomic E-state index is 0.140. The third-order valence-corrected chi connectivity index (χ3v) is 3.49. The molecule has 1 aromatic carbocycles. The first-order valence-electron chi connectivity index (χ1n) is 6.85. The summed E-state index contributed by atoms with van der Waals surface area (Å²) in [7, 11) is 0. The van der Waals surface area contributed by atoms with E-state index in [4.69, 9.17) is 4.74 Å². The van der Waals surface area contributed by atoms with Gasteiger partial charge in [0.25, 0.3) is 5.91 Å². The van der Waals surface area contributed by atoms with Crippen LogP contribution in [0.4, 0.5) is 5.69 Å². The summed E-state index contributed by atoms with van der Waals surface area (Å²) >= 11 is 3.38. The third kappa shape index (κ3) is 3.95. The molecule has 0 fully saturated rings. The molecule has 2 heterocycles. The molecule has 7 heteroatoms. The van der Waals surface area contributed by atoms with Gasteiger partial charge in [-0.1, -0.05) is 18.2 Å². The maximum absolute atomic E-state index is 11.9. The summed E-state index contributed by atoms with van der Waals surface area (Å²) in [6.45, 7) is -0.140. The van der Waals surface area contributed by atoms with E-state index in [1.54, 1.807) is 35.4 Å². The Balaban J connectivity index is 1.62. The van der Waals surface area contributed by atoms with Gasteiger partial charge in [-0.05, 0) is 40.2 Å². The van der Waals surface area contributed by atoms with E-state index >= 15 is 0 Å². The number of aromatic nitrogens is 3. The number of para-hydroxylation sites is 1. The predicted octanol–water partition coefficient (Wildman–Crippen LogP) is 3.05. The number of nitrogens with one attached hydrogen (secondary N) is 1. The van der Waals surface area contributed by atoms with Gasteiger partial charge >= 0.3 is 0 Å². The fourth-order valence-electron chi connectivity index (χ4n) is 1.92.